The van der Waals surface area contributed by atoms with Crippen LogP contribution in [0.5, 0.6) is 5.75 Å². The summed E-state index contributed by atoms with van der Waals surface area (Å²) in [6.07, 6.45) is 10.2. The Labute approximate surface area is 166 Å². The molecule has 5 rings (SSSR count). The van der Waals surface area contributed by atoms with E-state index in [-0.39, 0.29) is 22.7 Å². The van der Waals surface area contributed by atoms with Crippen molar-refractivity contribution in [2.75, 3.05) is 0 Å². The Balaban J connectivity index is 1.55. The summed E-state index contributed by atoms with van der Waals surface area (Å²) in [7, 11) is 0. The minimum absolute atomic E-state index is 0.0595. The molecule has 146 valence electrons. The number of ether oxygens (including phenoxy) is 1. The maximum atomic E-state index is 12.7. The SMILES string of the molecule is CC12C=CC(=O)C=C1C(Oc1ccccc1)CC1C2CCC2(C)C(=O)CCC12. The molecule has 1 aromatic rings. The first-order valence-corrected chi connectivity index (χ1v) is 10.6. The van der Waals surface area contributed by atoms with Crippen LogP contribution in [0.25, 0.3) is 0 Å². The minimum atomic E-state index is -0.163. The van der Waals surface area contributed by atoms with Gasteiger partial charge in [0, 0.05) is 17.3 Å². The van der Waals surface area contributed by atoms with Crippen molar-refractivity contribution in [3.05, 3.63) is 54.1 Å². The Morgan fingerprint density at radius 2 is 1.82 bits per heavy atom. The molecule has 3 nitrogen and oxygen atoms in total. The molecule has 6 atom stereocenters. The van der Waals surface area contributed by atoms with Gasteiger partial charge in [-0.05, 0) is 73.3 Å². The summed E-state index contributed by atoms with van der Waals surface area (Å²) >= 11 is 0. The highest BCUT2D eigenvalue weighted by Gasteiger charge is 2.60. The summed E-state index contributed by atoms with van der Waals surface area (Å²) in [4.78, 5) is 24.9. The molecule has 0 spiro atoms. The lowest BCUT2D eigenvalue weighted by atomic mass is 9.48. The van der Waals surface area contributed by atoms with Crippen LogP contribution in [0.15, 0.2) is 54.1 Å². The zero-order chi connectivity index (χ0) is 19.5. The highest BCUT2D eigenvalue weighted by Crippen LogP contribution is 2.63. The number of fused-ring (bicyclic) bond motifs is 5. The number of carbonyl (C=O) groups is 2. The predicted octanol–water partition coefficient (Wildman–Crippen LogP) is 4.92. The van der Waals surface area contributed by atoms with Crippen molar-refractivity contribution in [1.29, 1.82) is 0 Å². The van der Waals surface area contributed by atoms with Gasteiger partial charge in [0.25, 0.3) is 0 Å². The van der Waals surface area contributed by atoms with Gasteiger partial charge in [-0.3, -0.25) is 9.59 Å². The number of rotatable bonds is 2. The second-order valence-electron chi connectivity index (χ2n) is 9.57. The van der Waals surface area contributed by atoms with Crippen molar-refractivity contribution in [1.82, 2.24) is 0 Å². The van der Waals surface area contributed by atoms with E-state index in [0.717, 1.165) is 43.4 Å². The van der Waals surface area contributed by atoms with Crippen molar-refractivity contribution in [3.8, 4) is 5.75 Å². The maximum absolute atomic E-state index is 12.7. The highest BCUT2D eigenvalue weighted by molar-refractivity contribution is 6.01. The Bertz CT molecular complexity index is 882. The molecule has 3 fully saturated rings. The normalized spacial score (nSPS) is 41.7. The molecule has 4 aliphatic rings. The number of allylic oxidation sites excluding steroid dienone is 3. The maximum Gasteiger partial charge on any atom is 0.178 e. The average molecular weight is 376 g/mol. The Morgan fingerprint density at radius 1 is 1.04 bits per heavy atom. The quantitative estimate of drug-likeness (QED) is 0.736. The smallest absolute Gasteiger partial charge is 0.178 e. The van der Waals surface area contributed by atoms with Gasteiger partial charge in [-0.25, -0.2) is 0 Å². The average Bonchev–Trinajstić information content (AvgIpc) is 2.99. The fourth-order valence-corrected chi connectivity index (χ4v) is 6.77. The molecule has 0 heterocycles. The van der Waals surface area contributed by atoms with Gasteiger partial charge in [0.2, 0.25) is 0 Å². The van der Waals surface area contributed by atoms with Crippen molar-refractivity contribution in [3.63, 3.8) is 0 Å². The number of hydrogen-bond acceptors (Lipinski definition) is 3. The zero-order valence-corrected chi connectivity index (χ0v) is 16.7. The Kier molecular flexibility index (Phi) is 3.94. The van der Waals surface area contributed by atoms with Crippen molar-refractivity contribution >= 4 is 11.6 Å². The molecule has 0 aliphatic heterocycles. The van der Waals surface area contributed by atoms with Gasteiger partial charge in [0.15, 0.2) is 5.78 Å². The highest BCUT2D eigenvalue weighted by atomic mass is 16.5. The van der Waals surface area contributed by atoms with Gasteiger partial charge in [-0.15, -0.1) is 0 Å². The van der Waals surface area contributed by atoms with E-state index in [2.05, 4.69) is 19.9 Å². The molecular formula is C25H28O3. The third-order valence-electron chi connectivity index (χ3n) is 8.28. The first kappa shape index (κ1) is 17.9. The van der Waals surface area contributed by atoms with Gasteiger partial charge in [0.1, 0.15) is 17.6 Å². The topological polar surface area (TPSA) is 43.4 Å². The third kappa shape index (κ3) is 2.48. The van der Waals surface area contributed by atoms with E-state index in [0.29, 0.717) is 23.5 Å². The molecule has 0 bridgehead atoms. The minimum Gasteiger partial charge on any atom is -0.486 e. The first-order chi connectivity index (χ1) is 13.4. The Hall–Kier alpha value is -2.16. The number of para-hydroxylation sites is 1. The molecule has 3 heteroatoms. The van der Waals surface area contributed by atoms with Crippen LogP contribution < -0.4 is 4.74 Å². The summed E-state index contributed by atoms with van der Waals surface area (Å²) in [5, 5.41) is 0. The van der Waals surface area contributed by atoms with E-state index in [9.17, 15) is 9.59 Å². The van der Waals surface area contributed by atoms with Crippen LogP contribution >= 0.6 is 0 Å². The van der Waals surface area contributed by atoms with Crippen LogP contribution in [0.1, 0.15) is 46.0 Å². The van der Waals surface area contributed by atoms with Crippen LogP contribution in [0.2, 0.25) is 0 Å². The largest absolute Gasteiger partial charge is 0.486 e. The van der Waals surface area contributed by atoms with Gasteiger partial charge >= 0.3 is 0 Å². The molecule has 0 amide bonds. The van der Waals surface area contributed by atoms with E-state index in [4.69, 9.17) is 4.74 Å². The van der Waals surface area contributed by atoms with Crippen LogP contribution in [0, 0.1) is 28.6 Å². The number of carbonyl (C=O) groups excluding carboxylic acids is 2. The summed E-state index contributed by atoms with van der Waals surface area (Å²) in [6.45, 7) is 4.48. The Morgan fingerprint density at radius 3 is 2.61 bits per heavy atom. The molecule has 0 radical (unpaired) electrons. The van der Waals surface area contributed by atoms with Gasteiger partial charge in [-0.1, -0.05) is 38.1 Å². The predicted molar refractivity (Wildman–Crippen MR) is 108 cm³/mol. The fraction of sp³-hybridized carbons (Fsp3) is 0.520. The van der Waals surface area contributed by atoms with Crippen LogP contribution in [-0.4, -0.2) is 17.7 Å². The molecule has 6 unspecified atom stereocenters. The summed E-state index contributed by atoms with van der Waals surface area (Å²) in [5.74, 6) is 2.73. The second-order valence-corrected chi connectivity index (χ2v) is 9.57. The fourth-order valence-electron chi connectivity index (χ4n) is 6.77. The number of Topliss-reactive ketones (excluding diaryl/α,β-unsaturated/α-hetero) is 1. The zero-order valence-electron chi connectivity index (χ0n) is 16.7. The van der Waals surface area contributed by atoms with Crippen LogP contribution in [0.4, 0.5) is 0 Å². The molecule has 0 saturated heterocycles. The molecule has 3 saturated carbocycles. The molecule has 0 N–H and O–H groups in total. The van der Waals surface area contributed by atoms with Gasteiger partial charge in [-0.2, -0.15) is 0 Å². The molecule has 1 aromatic carbocycles. The van der Waals surface area contributed by atoms with E-state index in [1.807, 2.05) is 36.4 Å². The monoisotopic (exact) mass is 376 g/mol. The van der Waals surface area contributed by atoms with Gasteiger partial charge in [0.05, 0.1) is 0 Å². The number of ketones is 2. The second kappa shape index (κ2) is 6.17. The summed E-state index contributed by atoms with van der Waals surface area (Å²) in [6, 6.07) is 9.90. The molecule has 28 heavy (non-hydrogen) atoms. The lowest BCUT2D eigenvalue weighted by molar-refractivity contribution is -0.132. The van der Waals surface area contributed by atoms with E-state index in [1.165, 1.54) is 0 Å². The third-order valence-corrected chi connectivity index (χ3v) is 8.28. The van der Waals surface area contributed by atoms with E-state index in [1.54, 1.807) is 6.08 Å². The standard InChI is InChI=1S/C25H28O3/c1-24-12-10-16(26)14-21(24)22(28-17-6-4-3-5-7-17)15-18-19-8-9-23(27)25(19,2)13-11-20(18)24/h3-7,10,12,14,18-20,22H,8-9,11,13,15H2,1-2H3. The van der Waals surface area contributed by atoms with Crippen molar-refractivity contribution in [2.45, 2.75) is 52.1 Å². The van der Waals surface area contributed by atoms with E-state index < -0.39 is 0 Å². The lowest BCUT2D eigenvalue weighted by Gasteiger charge is -2.57. The number of hydrogen-bond donors (Lipinski definition) is 0. The first-order valence-electron chi connectivity index (χ1n) is 10.6. The van der Waals surface area contributed by atoms with Gasteiger partial charge < -0.3 is 4.74 Å². The molecule has 0 aromatic heterocycles. The lowest BCUT2D eigenvalue weighted by Crippen LogP contribution is -2.54. The van der Waals surface area contributed by atoms with Crippen molar-refractivity contribution < 1.29 is 14.3 Å². The number of benzene rings is 1. The van der Waals surface area contributed by atoms with Crippen molar-refractivity contribution in [2.24, 2.45) is 28.6 Å². The summed E-state index contributed by atoms with van der Waals surface area (Å²) < 4.78 is 6.46. The molecule has 4 aliphatic carbocycles. The van der Waals surface area contributed by atoms with Crippen LogP contribution in [0.3, 0.4) is 0 Å². The molecular weight excluding hydrogens is 348 g/mol. The van der Waals surface area contributed by atoms with Crippen LogP contribution in [-0.2, 0) is 9.59 Å². The summed E-state index contributed by atoms with van der Waals surface area (Å²) in [5.41, 5.74) is 0.797. The van der Waals surface area contributed by atoms with E-state index >= 15 is 0 Å².